The Balaban J connectivity index is 1.67. The van der Waals surface area contributed by atoms with Crippen molar-refractivity contribution >= 4 is 45.3 Å². The summed E-state index contributed by atoms with van der Waals surface area (Å²) >= 11 is 7.84. The number of anilines is 2. The van der Waals surface area contributed by atoms with E-state index in [1.165, 1.54) is 0 Å². The molecule has 0 spiro atoms. The molecule has 4 rings (SSSR count). The number of benzene rings is 2. The minimum Gasteiger partial charge on any atom is -0.353 e. The van der Waals surface area contributed by atoms with Crippen LogP contribution in [0.4, 0.5) is 11.5 Å². The van der Waals surface area contributed by atoms with Crippen molar-refractivity contribution in [2.75, 3.05) is 55.8 Å². The van der Waals surface area contributed by atoms with Gasteiger partial charge in [0.05, 0.1) is 29.5 Å². The number of hydrogen-bond donors (Lipinski definition) is 1. The van der Waals surface area contributed by atoms with Crippen LogP contribution in [-0.4, -0.2) is 73.5 Å². The second-order valence-electron chi connectivity index (χ2n) is 8.35. The summed E-state index contributed by atoms with van der Waals surface area (Å²) < 4.78 is 28.7. The van der Waals surface area contributed by atoms with Crippen molar-refractivity contribution in [3.05, 3.63) is 59.8 Å². The second-order valence-corrected chi connectivity index (χ2v) is 12.1. The number of nitrogens with two attached hydrogens (primary N) is 1. The number of piperazine rings is 1. The molecule has 0 aliphatic carbocycles. The SMILES string of the molecule is CN(C)SN1CCN(c2cnc(-c3ccc(N(N)S(C)(=O)=O)cc3)c(-c3ccc(Cl)cc3)n2)CC1. The van der Waals surface area contributed by atoms with Gasteiger partial charge in [-0.25, -0.2) is 32.3 Å². The summed E-state index contributed by atoms with van der Waals surface area (Å²) in [5, 5.41) is 0.641. The quantitative estimate of drug-likeness (QED) is 0.278. The lowest BCUT2D eigenvalue weighted by Crippen LogP contribution is -2.44. The molecule has 35 heavy (non-hydrogen) atoms. The van der Waals surface area contributed by atoms with E-state index < -0.39 is 10.0 Å². The van der Waals surface area contributed by atoms with Crippen LogP contribution in [0.25, 0.3) is 22.5 Å². The largest absolute Gasteiger partial charge is 0.353 e. The maximum absolute atomic E-state index is 11.8. The summed E-state index contributed by atoms with van der Waals surface area (Å²) in [6, 6.07) is 14.4. The van der Waals surface area contributed by atoms with Crippen molar-refractivity contribution in [2.24, 2.45) is 5.84 Å². The molecule has 1 saturated heterocycles. The first-order valence-electron chi connectivity index (χ1n) is 11.0. The third kappa shape index (κ3) is 6.24. The number of nitrogens with zero attached hydrogens (tertiary/aromatic N) is 6. The van der Waals surface area contributed by atoms with Crippen LogP contribution in [0.2, 0.25) is 5.02 Å². The predicted molar refractivity (Wildman–Crippen MR) is 144 cm³/mol. The van der Waals surface area contributed by atoms with Crippen LogP contribution in [0, 0.1) is 0 Å². The number of hydrazine groups is 1. The summed E-state index contributed by atoms with van der Waals surface area (Å²) in [7, 11) is 0.520. The Kier molecular flexibility index (Phi) is 7.84. The van der Waals surface area contributed by atoms with E-state index in [2.05, 4.69) is 13.5 Å². The molecular weight excluding hydrogens is 506 g/mol. The van der Waals surface area contributed by atoms with Gasteiger partial charge in [0.25, 0.3) is 0 Å². The van der Waals surface area contributed by atoms with Gasteiger partial charge in [0, 0.05) is 54.5 Å². The number of halogens is 1. The fourth-order valence-electron chi connectivity index (χ4n) is 3.74. The molecule has 1 aliphatic heterocycles. The Morgan fingerprint density at radius 3 is 2.09 bits per heavy atom. The van der Waals surface area contributed by atoms with E-state index in [1.807, 2.05) is 38.4 Å². The van der Waals surface area contributed by atoms with E-state index in [0.29, 0.717) is 16.4 Å². The summed E-state index contributed by atoms with van der Waals surface area (Å²) in [4.78, 5) is 12.0. The van der Waals surface area contributed by atoms with Gasteiger partial charge in [0.1, 0.15) is 5.82 Å². The van der Waals surface area contributed by atoms with E-state index >= 15 is 0 Å². The first kappa shape index (κ1) is 25.7. The van der Waals surface area contributed by atoms with E-state index in [9.17, 15) is 8.42 Å². The minimum absolute atomic E-state index is 0.363. The van der Waals surface area contributed by atoms with Gasteiger partial charge in [-0.3, -0.25) is 4.98 Å². The van der Waals surface area contributed by atoms with E-state index in [-0.39, 0.29) is 0 Å². The second kappa shape index (κ2) is 10.7. The van der Waals surface area contributed by atoms with Crippen LogP contribution in [-0.2, 0) is 10.0 Å². The Bertz CT molecular complexity index is 1260. The molecule has 2 aromatic carbocycles. The zero-order valence-corrected chi connectivity index (χ0v) is 22.2. The van der Waals surface area contributed by atoms with Gasteiger partial charge in [-0.2, -0.15) is 0 Å². The lowest BCUT2D eigenvalue weighted by atomic mass is 10.0. The fraction of sp³-hybridized carbons (Fsp3) is 0.304. The van der Waals surface area contributed by atoms with Crippen molar-refractivity contribution in [3.63, 3.8) is 0 Å². The minimum atomic E-state index is -3.56. The highest BCUT2D eigenvalue weighted by Gasteiger charge is 2.22. The molecule has 2 N–H and O–H groups in total. The monoisotopic (exact) mass is 533 g/mol. The molecule has 0 unspecified atom stereocenters. The maximum atomic E-state index is 11.8. The van der Waals surface area contributed by atoms with E-state index in [1.54, 1.807) is 42.6 Å². The first-order chi connectivity index (χ1) is 16.6. The maximum Gasteiger partial charge on any atom is 0.245 e. The van der Waals surface area contributed by atoms with Crippen molar-refractivity contribution in [1.82, 2.24) is 18.6 Å². The third-order valence-corrected chi connectivity index (χ3v) is 7.57. The third-order valence-electron chi connectivity index (χ3n) is 5.47. The van der Waals surface area contributed by atoms with Crippen molar-refractivity contribution in [3.8, 4) is 22.5 Å². The Morgan fingerprint density at radius 1 is 0.943 bits per heavy atom. The Labute approximate surface area is 215 Å². The lowest BCUT2D eigenvalue weighted by molar-refractivity contribution is 0.414. The molecule has 3 aromatic rings. The van der Waals surface area contributed by atoms with Crippen molar-refractivity contribution in [1.29, 1.82) is 0 Å². The molecule has 9 nitrogen and oxygen atoms in total. The highest BCUT2D eigenvalue weighted by Crippen LogP contribution is 2.33. The molecule has 2 heterocycles. The molecule has 1 aromatic heterocycles. The Hall–Kier alpha value is -2.41. The number of sulfonamides is 1. The van der Waals surface area contributed by atoms with E-state index in [0.717, 1.165) is 59.5 Å². The van der Waals surface area contributed by atoms with Gasteiger partial charge in [-0.15, -0.1) is 0 Å². The molecule has 1 fully saturated rings. The van der Waals surface area contributed by atoms with Gasteiger partial charge in [-0.05, 0) is 38.4 Å². The summed E-state index contributed by atoms with van der Waals surface area (Å²) in [5.41, 5.74) is 3.47. The predicted octanol–water partition coefficient (Wildman–Crippen LogP) is 3.35. The van der Waals surface area contributed by atoms with Crippen LogP contribution in [0.1, 0.15) is 0 Å². The molecule has 1 aliphatic rings. The number of rotatable bonds is 7. The van der Waals surface area contributed by atoms with E-state index in [4.69, 9.17) is 27.4 Å². The van der Waals surface area contributed by atoms with Gasteiger partial charge in [-0.1, -0.05) is 35.9 Å². The topological polar surface area (TPSA) is 98.9 Å². The molecule has 0 amide bonds. The smallest absolute Gasteiger partial charge is 0.245 e. The van der Waals surface area contributed by atoms with Crippen LogP contribution in [0.15, 0.2) is 54.7 Å². The zero-order valence-electron chi connectivity index (χ0n) is 19.8. The van der Waals surface area contributed by atoms with Gasteiger partial charge in [0.2, 0.25) is 10.0 Å². The average Bonchev–Trinajstić information content (AvgIpc) is 2.83. The average molecular weight is 534 g/mol. The van der Waals surface area contributed by atoms with Gasteiger partial charge >= 0.3 is 0 Å². The van der Waals surface area contributed by atoms with Crippen LogP contribution >= 0.6 is 23.7 Å². The normalized spacial score (nSPS) is 15.0. The summed E-state index contributed by atoms with van der Waals surface area (Å²) in [6.07, 6.45) is 2.85. The summed E-state index contributed by atoms with van der Waals surface area (Å²) in [6.45, 7) is 3.53. The highest BCUT2D eigenvalue weighted by atomic mass is 35.5. The fourth-order valence-corrected chi connectivity index (χ4v) is 5.16. The molecule has 0 atom stereocenters. The van der Waals surface area contributed by atoms with Crippen LogP contribution < -0.4 is 15.2 Å². The zero-order chi connectivity index (χ0) is 25.2. The van der Waals surface area contributed by atoms with Gasteiger partial charge in [0.15, 0.2) is 0 Å². The molecular formula is C23H28ClN7O2S2. The number of hydrogen-bond acceptors (Lipinski definition) is 9. The molecule has 0 radical (unpaired) electrons. The molecule has 0 bridgehead atoms. The number of aromatic nitrogens is 2. The molecule has 186 valence electrons. The molecule has 0 saturated carbocycles. The van der Waals surface area contributed by atoms with Crippen LogP contribution in [0.3, 0.4) is 0 Å². The lowest BCUT2D eigenvalue weighted by Gasteiger charge is -2.35. The summed E-state index contributed by atoms with van der Waals surface area (Å²) in [5.74, 6) is 6.54. The molecule has 12 heteroatoms. The van der Waals surface area contributed by atoms with Crippen molar-refractivity contribution < 1.29 is 8.42 Å². The first-order valence-corrected chi connectivity index (χ1v) is 13.9. The van der Waals surface area contributed by atoms with Crippen LogP contribution in [0.5, 0.6) is 0 Å². The standard InChI is InChI=1S/C23H28ClN7O2S2/c1-28(2)34-30-14-12-29(13-15-30)21-16-26-22(23(27-21)18-4-8-19(24)9-5-18)17-6-10-20(11-7-17)31(25)35(3,32)33/h4-11,16H,12-15,25H2,1-3H3. The van der Waals surface area contributed by atoms with Gasteiger partial charge < -0.3 is 4.90 Å². The van der Waals surface area contributed by atoms with Crippen molar-refractivity contribution in [2.45, 2.75) is 0 Å². The Morgan fingerprint density at radius 2 is 1.51 bits per heavy atom. The highest BCUT2D eigenvalue weighted by molar-refractivity contribution is 7.94.